The fourth-order valence-electron chi connectivity index (χ4n) is 2.74. The molecule has 1 unspecified atom stereocenters. The third-order valence-electron chi connectivity index (χ3n) is 4.11. The smallest absolute Gasteiger partial charge is 0.287 e. The number of nitrogens with zero attached hydrogens (tertiary/aromatic N) is 2. The molecule has 1 aliphatic rings. The van der Waals surface area contributed by atoms with Crippen molar-refractivity contribution in [1.82, 2.24) is 15.1 Å². The Kier molecular flexibility index (Phi) is 4.92. The molecular weight excluding hydrogens is 298 g/mol. The van der Waals surface area contributed by atoms with Crippen LogP contribution < -0.4 is 5.32 Å². The molecule has 1 amide bonds. The summed E-state index contributed by atoms with van der Waals surface area (Å²) in [6.45, 7) is 4.76. The molecule has 1 aliphatic heterocycles. The Morgan fingerprint density at radius 3 is 2.82 bits per heavy atom. The van der Waals surface area contributed by atoms with Crippen molar-refractivity contribution in [3.05, 3.63) is 46.5 Å². The van der Waals surface area contributed by atoms with E-state index in [9.17, 15) is 4.79 Å². The van der Waals surface area contributed by atoms with Gasteiger partial charge in [0.05, 0.1) is 12.3 Å². The van der Waals surface area contributed by atoms with Gasteiger partial charge in [0.1, 0.15) is 0 Å². The van der Waals surface area contributed by atoms with Gasteiger partial charge in [-0.1, -0.05) is 0 Å². The summed E-state index contributed by atoms with van der Waals surface area (Å²) in [5, 5.41) is 7.26. The minimum Gasteiger partial charge on any atom is -0.459 e. The second-order valence-electron chi connectivity index (χ2n) is 5.60. The third-order valence-corrected chi connectivity index (χ3v) is 4.81. The molecule has 1 atom stereocenters. The van der Waals surface area contributed by atoms with Crippen molar-refractivity contribution in [3.63, 3.8) is 0 Å². The molecule has 2 aromatic rings. The first-order chi connectivity index (χ1) is 10.7. The molecule has 5 nitrogen and oxygen atoms in total. The monoisotopic (exact) mass is 319 g/mol. The molecule has 118 valence electrons. The van der Waals surface area contributed by atoms with Crippen molar-refractivity contribution in [1.29, 1.82) is 0 Å². The standard InChI is InChI=1S/C16H21N3O2S/c1-18-5-7-19(8-6-18)14(13-4-10-22-12-13)11-17-16(20)15-3-2-9-21-15/h2-4,9-10,12,14H,5-8,11H2,1H3,(H,17,20). The highest BCUT2D eigenvalue weighted by Gasteiger charge is 2.25. The van der Waals surface area contributed by atoms with Crippen molar-refractivity contribution in [2.45, 2.75) is 6.04 Å². The van der Waals surface area contributed by atoms with Crippen molar-refractivity contribution in [2.24, 2.45) is 0 Å². The van der Waals surface area contributed by atoms with E-state index in [0.717, 1.165) is 26.2 Å². The minimum atomic E-state index is -0.153. The molecule has 0 spiro atoms. The predicted molar refractivity (Wildman–Crippen MR) is 87.2 cm³/mol. The zero-order valence-corrected chi connectivity index (χ0v) is 13.5. The number of amides is 1. The first-order valence-electron chi connectivity index (χ1n) is 7.50. The molecule has 1 saturated heterocycles. The summed E-state index contributed by atoms with van der Waals surface area (Å²) >= 11 is 1.70. The van der Waals surface area contributed by atoms with Crippen LogP contribution in [0.3, 0.4) is 0 Å². The average molecular weight is 319 g/mol. The number of hydrogen-bond acceptors (Lipinski definition) is 5. The van der Waals surface area contributed by atoms with Crippen LogP contribution in [0.15, 0.2) is 39.6 Å². The van der Waals surface area contributed by atoms with Gasteiger partial charge in [0.2, 0.25) is 0 Å². The number of furan rings is 1. The van der Waals surface area contributed by atoms with E-state index in [1.54, 1.807) is 23.5 Å². The summed E-state index contributed by atoms with van der Waals surface area (Å²) in [6, 6.07) is 5.78. The topological polar surface area (TPSA) is 48.7 Å². The number of hydrogen-bond donors (Lipinski definition) is 1. The van der Waals surface area contributed by atoms with Gasteiger partial charge in [0.15, 0.2) is 5.76 Å². The van der Waals surface area contributed by atoms with E-state index in [1.807, 2.05) is 0 Å². The summed E-state index contributed by atoms with van der Waals surface area (Å²) < 4.78 is 5.15. The molecule has 0 radical (unpaired) electrons. The molecule has 3 heterocycles. The van der Waals surface area contributed by atoms with Gasteiger partial charge in [0.25, 0.3) is 5.91 Å². The zero-order valence-electron chi connectivity index (χ0n) is 12.7. The number of likely N-dealkylation sites (N-methyl/N-ethyl adjacent to an activating group) is 1. The minimum absolute atomic E-state index is 0.153. The molecule has 1 N–H and O–H groups in total. The Morgan fingerprint density at radius 1 is 1.36 bits per heavy atom. The molecule has 3 rings (SSSR count). The average Bonchev–Trinajstić information content (AvgIpc) is 3.22. The Morgan fingerprint density at radius 2 is 2.18 bits per heavy atom. The highest BCUT2D eigenvalue weighted by atomic mass is 32.1. The fraction of sp³-hybridized carbons (Fsp3) is 0.438. The molecular formula is C16H21N3O2S. The van der Waals surface area contributed by atoms with Crippen LogP contribution in [-0.4, -0.2) is 55.5 Å². The van der Waals surface area contributed by atoms with E-state index < -0.39 is 0 Å². The summed E-state index contributed by atoms with van der Waals surface area (Å²) in [5.74, 6) is 0.210. The van der Waals surface area contributed by atoms with Crippen LogP contribution in [0, 0.1) is 0 Å². The zero-order chi connectivity index (χ0) is 15.4. The Balaban J connectivity index is 1.65. The number of piperazine rings is 1. The van der Waals surface area contributed by atoms with Gasteiger partial charge in [-0.3, -0.25) is 9.69 Å². The van der Waals surface area contributed by atoms with Gasteiger partial charge < -0.3 is 14.6 Å². The van der Waals surface area contributed by atoms with Crippen LogP contribution in [0.4, 0.5) is 0 Å². The second kappa shape index (κ2) is 7.09. The summed E-state index contributed by atoms with van der Waals surface area (Å²) in [4.78, 5) is 16.9. The third kappa shape index (κ3) is 3.58. The lowest BCUT2D eigenvalue weighted by Crippen LogP contribution is -2.48. The number of thiophene rings is 1. The summed E-state index contributed by atoms with van der Waals surface area (Å²) in [6.07, 6.45) is 1.52. The fourth-order valence-corrected chi connectivity index (χ4v) is 3.45. The molecule has 0 aliphatic carbocycles. The number of carbonyl (C=O) groups excluding carboxylic acids is 1. The van der Waals surface area contributed by atoms with E-state index >= 15 is 0 Å². The number of rotatable bonds is 5. The highest BCUT2D eigenvalue weighted by Crippen LogP contribution is 2.23. The van der Waals surface area contributed by atoms with Crippen LogP contribution in [-0.2, 0) is 0 Å². The van der Waals surface area contributed by atoms with Crippen LogP contribution in [0.1, 0.15) is 22.2 Å². The van der Waals surface area contributed by atoms with Gasteiger partial charge in [-0.15, -0.1) is 0 Å². The largest absolute Gasteiger partial charge is 0.459 e. The van der Waals surface area contributed by atoms with Crippen LogP contribution in [0.25, 0.3) is 0 Å². The van der Waals surface area contributed by atoms with Crippen molar-refractivity contribution in [2.75, 3.05) is 39.8 Å². The highest BCUT2D eigenvalue weighted by molar-refractivity contribution is 7.07. The lowest BCUT2D eigenvalue weighted by atomic mass is 10.1. The molecule has 0 aromatic carbocycles. The normalized spacial score (nSPS) is 18.2. The number of nitrogens with one attached hydrogen (secondary N) is 1. The maximum atomic E-state index is 12.1. The molecule has 6 heteroatoms. The number of carbonyl (C=O) groups is 1. The van der Waals surface area contributed by atoms with E-state index in [0.29, 0.717) is 12.3 Å². The maximum Gasteiger partial charge on any atom is 0.287 e. The summed E-state index contributed by atoms with van der Waals surface area (Å²) in [5.41, 5.74) is 1.27. The summed E-state index contributed by atoms with van der Waals surface area (Å²) in [7, 11) is 2.15. The molecule has 22 heavy (non-hydrogen) atoms. The SMILES string of the molecule is CN1CCN(C(CNC(=O)c2ccco2)c2ccsc2)CC1. The molecule has 2 aromatic heterocycles. The van der Waals surface area contributed by atoms with Crippen LogP contribution in [0.5, 0.6) is 0 Å². The van der Waals surface area contributed by atoms with E-state index in [2.05, 4.69) is 39.0 Å². The van der Waals surface area contributed by atoms with Gasteiger partial charge in [0, 0.05) is 32.7 Å². The van der Waals surface area contributed by atoms with Gasteiger partial charge in [-0.2, -0.15) is 11.3 Å². The van der Waals surface area contributed by atoms with E-state index in [1.165, 1.54) is 11.8 Å². The van der Waals surface area contributed by atoms with Gasteiger partial charge >= 0.3 is 0 Å². The molecule has 1 fully saturated rings. The Labute approximate surface area is 134 Å². The second-order valence-corrected chi connectivity index (χ2v) is 6.38. The Hall–Kier alpha value is -1.63. The van der Waals surface area contributed by atoms with Gasteiger partial charge in [-0.05, 0) is 41.6 Å². The van der Waals surface area contributed by atoms with E-state index in [4.69, 9.17) is 4.42 Å². The molecule has 0 bridgehead atoms. The molecule has 0 saturated carbocycles. The first kappa shape index (κ1) is 15.3. The van der Waals surface area contributed by atoms with Crippen LogP contribution >= 0.6 is 11.3 Å². The lowest BCUT2D eigenvalue weighted by Gasteiger charge is -2.37. The van der Waals surface area contributed by atoms with Crippen molar-refractivity contribution < 1.29 is 9.21 Å². The quantitative estimate of drug-likeness (QED) is 0.916. The van der Waals surface area contributed by atoms with E-state index in [-0.39, 0.29) is 11.9 Å². The Bertz CT molecular complexity index is 575. The maximum absolute atomic E-state index is 12.1. The van der Waals surface area contributed by atoms with Crippen molar-refractivity contribution >= 4 is 17.2 Å². The first-order valence-corrected chi connectivity index (χ1v) is 8.44. The van der Waals surface area contributed by atoms with Crippen LogP contribution in [0.2, 0.25) is 0 Å². The predicted octanol–water partition coefficient (Wildman–Crippen LogP) is 2.06. The van der Waals surface area contributed by atoms with Crippen molar-refractivity contribution in [3.8, 4) is 0 Å². The van der Waals surface area contributed by atoms with Gasteiger partial charge in [-0.25, -0.2) is 0 Å². The lowest BCUT2D eigenvalue weighted by molar-refractivity contribution is 0.0863.